The lowest BCUT2D eigenvalue weighted by atomic mass is 10.2. The maximum absolute atomic E-state index is 12.6. The van der Waals surface area contributed by atoms with Crippen LogP contribution < -0.4 is 32.4 Å². The molecule has 3 aromatic rings. The molecule has 0 aliphatic carbocycles. The lowest BCUT2D eigenvalue weighted by Gasteiger charge is -2.04. The smallest absolute Gasteiger partial charge is 0.319 e. The van der Waals surface area contributed by atoms with Crippen LogP contribution in [0.15, 0.2) is 73.2 Å². The number of phenolic OH excluding ortho intramolecular Hbond substituents is 1. The van der Waals surface area contributed by atoms with Crippen molar-refractivity contribution in [2.24, 2.45) is 10.2 Å². The third-order valence-corrected chi connectivity index (χ3v) is 5.17. The summed E-state index contributed by atoms with van der Waals surface area (Å²) in [4.78, 5) is 44.3. The van der Waals surface area contributed by atoms with Crippen LogP contribution in [-0.4, -0.2) is 27.9 Å². The van der Waals surface area contributed by atoms with Gasteiger partial charge in [-0.1, -0.05) is 0 Å². The van der Waals surface area contributed by atoms with Gasteiger partial charge in [0.2, 0.25) is 16.6 Å². The van der Waals surface area contributed by atoms with E-state index in [0.29, 0.717) is 12.1 Å². The first-order valence-electron chi connectivity index (χ1n) is 9.06. The van der Waals surface area contributed by atoms with Crippen LogP contribution in [0.2, 0.25) is 0 Å². The predicted octanol–water partition coefficient (Wildman–Crippen LogP) is -0.0931. The van der Waals surface area contributed by atoms with Gasteiger partial charge in [0.25, 0.3) is 15.8 Å². The molecule has 180 valence electrons. The molecule has 0 aromatic heterocycles. The second kappa shape index (κ2) is 9.45. The SMILES string of the molecule is O=c1cc/c(=N\Nc2ccc(S(=O)(=O)O)cc2)c(=O)/c1=N/Nc1cc([N+](=O)[O-])cc([N+](=O)[O-])c1O. The molecule has 0 unspecified atom stereocenters. The van der Waals surface area contributed by atoms with E-state index in [-0.39, 0.29) is 15.9 Å². The van der Waals surface area contributed by atoms with Crippen molar-refractivity contribution in [1.29, 1.82) is 0 Å². The fourth-order valence-corrected chi connectivity index (χ4v) is 3.09. The van der Waals surface area contributed by atoms with Gasteiger partial charge in [-0.05, 0) is 36.4 Å². The molecule has 17 heteroatoms. The highest BCUT2D eigenvalue weighted by Crippen LogP contribution is 2.37. The Labute approximate surface area is 192 Å². The van der Waals surface area contributed by atoms with Crippen LogP contribution in [-0.2, 0) is 10.1 Å². The second-order valence-electron chi connectivity index (χ2n) is 6.58. The van der Waals surface area contributed by atoms with Crippen LogP contribution in [0.4, 0.5) is 22.7 Å². The minimum Gasteiger partial charge on any atom is -0.501 e. The van der Waals surface area contributed by atoms with E-state index >= 15 is 0 Å². The summed E-state index contributed by atoms with van der Waals surface area (Å²) in [6.45, 7) is 0. The van der Waals surface area contributed by atoms with Crippen LogP contribution in [0.1, 0.15) is 0 Å². The average molecular weight is 504 g/mol. The van der Waals surface area contributed by atoms with Crippen molar-refractivity contribution < 1.29 is 27.9 Å². The summed E-state index contributed by atoms with van der Waals surface area (Å²) in [6, 6.07) is 7.84. The Morgan fingerprint density at radius 1 is 0.886 bits per heavy atom. The first kappa shape index (κ1) is 24.6. The van der Waals surface area contributed by atoms with Crippen molar-refractivity contribution in [3.8, 4) is 5.75 Å². The highest BCUT2D eigenvalue weighted by molar-refractivity contribution is 7.85. The molecule has 4 N–H and O–H groups in total. The molecule has 0 aliphatic rings. The summed E-state index contributed by atoms with van der Waals surface area (Å²) in [5.74, 6) is -1.01. The van der Waals surface area contributed by atoms with E-state index in [2.05, 4.69) is 15.6 Å². The number of hydrogen-bond donors (Lipinski definition) is 4. The van der Waals surface area contributed by atoms with Gasteiger partial charge in [0.15, 0.2) is 5.36 Å². The minimum atomic E-state index is -4.41. The topological polar surface area (TPSA) is 244 Å². The van der Waals surface area contributed by atoms with Crippen LogP contribution in [0.3, 0.4) is 0 Å². The summed E-state index contributed by atoms with van der Waals surface area (Å²) >= 11 is 0. The Kier molecular flexibility index (Phi) is 6.65. The molecule has 0 saturated heterocycles. The van der Waals surface area contributed by atoms with Gasteiger partial charge in [-0.3, -0.25) is 45.2 Å². The van der Waals surface area contributed by atoms with Crippen molar-refractivity contribution in [1.82, 2.24) is 0 Å². The Morgan fingerprint density at radius 3 is 2.11 bits per heavy atom. The van der Waals surface area contributed by atoms with Gasteiger partial charge in [-0.15, -0.1) is 0 Å². The third kappa shape index (κ3) is 5.49. The Morgan fingerprint density at radius 2 is 1.54 bits per heavy atom. The number of hydrogen-bond acceptors (Lipinski definition) is 13. The van der Waals surface area contributed by atoms with Crippen LogP contribution in [0, 0.1) is 20.2 Å². The molecule has 0 bridgehead atoms. The standard InChI is InChI=1S/C18H12N6O10S/c25-15-6-5-12(20-19-9-1-3-11(4-2-9)35(32,33)34)18(27)16(15)22-21-13-7-10(23(28)29)8-14(17(13)26)24(30)31/h1-8,19,21,26H,(H,32,33,34)/b20-12+,22-16+. The largest absolute Gasteiger partial charge is 0.501 e. The van der Waals surface area contributed by atoms with Gasteiger partial charge >= 0.3 is 5.69 Å². The van der Waals surface area contributed by atoms with E-state index in [1.807, 2.05) is 5.43 Å². The highest BCUT2D eigenvalue weighted by Gasteiger charge is 2.24. The third-order valence-electron chi connectivity index (χ3n) is 4.30. The van der Waals surface area contributed by atoms with Crippen molar-refractivity contribution in [3.05, 3.63) is 99.9 Å². The Balaban J connectivity index is 2.00. The molecule has 3 aromatic carbocycles. The number of nitro groups is 2. The molecular weight excluding hydrogens is 492 g/mol. The van der Waals surface area contributed by atoms with Crippen molar-refractivity contribution in [2.75, 3.05) is 10.9 Å². The number of nitrogens with one attached hydrogen (secondary N) is 2. The van der Waals surface area contributed by atoms with Gasteiger partial charge < -0.3 is 5.11 Å². The fourth-order valence-electron chi connectivity index (χ4n) is 2.61. The molecule has 0 spiro atoms. The number of phenols is 1. The van der Waals surface area contributed by atoms with E-state index in [1.54, 1.807) is 0 Å². The van der Waals surface area contributed by atoms with E-state index < -0.39 is 59.0 Å². The van der Waals surface area contributed by atoms with E-state index in [0.717, 1.165) is 24.3 Å². The second-order valence-corrected chi connectivity index (χ2v) is 8.00. The minimum absolute atomic E-state index is 0.216. The lowest BCUT2D eigenvalue weighted by Crippen LogP contribution is -2.47. The quantitative estimate of drug-likeness (QED) is 0.143. The number of anilines is 2. The van der Waals surface area contributed by atoms with Crippen molar-refractivity contribution >= 4 is 32.9 Å². The molecule has 0 aliphatic heterocycles. The van der Waals surface area contributed by atoms with Gasteiger partial charge in [0.05, 0.1) is 26.5 Å². The average Bonchev–Trinajstić information content (AvgIpc) is 2.78. The molecule has 0 fully saturated rings. The Bertz CT molecular complexity index is 1680. The normalized spacial score (nSPS) is 12.4. The zero-order chi connectivity index (χ0) is 25.9. The van der Waals surface area contributed by atoms with Crippen molar-refractivity contribution in [3.63, 3.8) is 0 Å². The zero-order valence-corrected chi connectivity index (χ0v) is 17.8. The molecule has 0 heterocycles. The summed E-state index contributed by atoms with van der Waals surface area (Å²) in [6.07, 6.45) is 0. The van der Waals surface area contributed by atoms with E-state index in [4.69, 9.17) is 4.55 Å². The molecule has 0 amide bonds. The molecular formula is C18H12N6O10S. The van der Waals surface area contributed by atoms with Crippen molar-refractivity contribution in [2.45, 2.75) is 4.90 Å². The number of nitro benzene ring substituents is 2. The first-order valence-corrected chi connectivity index (χ1v) is 10.5. The van der Waals surface area contributed by atoms with E-state index in [1.165, 1.54) is 12.1 Å². The number of rotatable bonds is 7. The molecule has 0 atom stereocenters. The monoisotopic (exact) mass is 504 g/mol. The maximum Gasteiger partial charge on any atom is 0.319 e. The first-order chi connectivity index (χ1) is 16.4. The Hall–Kier alpha value is -5.03. The molecule has 16 nitrogen and oxygen atoms in total. The number of aromatic hydroxyl groups is 1. The number of non-ortho nitro benzene ring substituents is 1. The summed E-state index contributed by atoms with van der Waals surface area (Å²) in [7, 11) is -4.41. The summed E-state index contributed by atoms with van der Waals surface area (Å²) < 4.78 is 31.1. The number of benzene rings is 3. The predicted molar refractivity (Wildman–Crippen MR) is 117 cm³/mol. The lowest BCUT2D eigenvalue weighted by molar-refractivity contribution is -0.394. The molecule has 0 saturated carbocycles. The molecule has 35 heavy (non-hydrogen) atoms. The number of nitrogens with zero attached hydrogens (tertiary/aromatic N) is 4. The molecule has 3 rings (SSSR count). The van der Waals surface area contributed by atoms with E-state index in [9.17, 15) is 43.3 Å². The molecule has 0 radical (unpaired) electrons. The van der Waals surface area contributed by atoms with Gasteiger partial charge in [0, 0.05) is 6.07 Å². The van der Waals surface area contributed by atoms with Gasteiger partial charge in [-0.2, -0.15) is 18.6 Å². The van der Waals surface area contributed by atoms with Crippen LogP contribution >= 0.6 is 0 Å². The van der Waals surface area contributed by atoms with Crippen LogP contribution in [0.25, 0.3) is 0 Å². The summed E-state index contributed by atoms with van der Waals surface area (Å²) in [5.41, 5.74) is 0.437. The zero-order valence-electron chi connectivity index (χ0n) is 17.0. The van der Waals surface area contributed by atoms with Gasteiger partial charge in [0.1, 0.15) is 11.0 Å². The fraction of sp³-hybridized carbons (Fsp3) is 0. The van der Waals surface area contributed by atoms with Crippen LogP contribution in [0.5, 0.6) is 5.75 Å². The maximum atomic E-state index is 12.6. The highest BCUT2D eigenvalue weighted by atomic mass is 32.2. The van der Waals surface area contributed by atoms with Gasteiger partial charge in [-0.25, -0.2) is 0 Å². The summed E-state index contributed by atoms with van der Waals surface area (Å²) in [5, 5.41) is 38.3.